The van der Waals surface area contributed by atoms with Gasteiger partial charge in [0.15, 0.2) is 0 Å². The van der Waals surface area contributed by atoms with E-state index in [-0.39, 0.29) is 16.8 Å². The third-order valence-corrected chi connectivity index (χ3v) is 6.62. The van der Waals surface area contributed by atoms with Gasteiger partial charge in [-0.15, -0.1) is 0 Å². The molecule has 1 N–H and O–H groups in total. The first kappa shape index (κ1) is 17.2. The number of nitrogens with zero attached hydrogens (tertiary/aromatic N) is 2. The highest BCUT2D eigenvalue weighted by molar-refractivity contribution is 7.89. The molecule has 1 fully saturated rings. The summed E-state index contributed by atoms with van der Waals surface area (Å²) in [7, 11) is -3.52. The van der Waals surface area contributed by atoms with Gasteiger partial charge in [-0.3, -0.25) is 9.78 Å². The molecule has 1 aliphatic carbocycles. The first-order chi connectivity index (χ1) is 12.5. The van der Waals surface area contributed by atoms with Crippen molar-refractivity contribution < 1.29 is 13.2 Å². The van der Waals surface area contributed by atoms with Crippen molar-refractivity contribution in [2.45, 2.75) is 43.0 Å². The third kappa shape index (κ3) is 3.24. The molecule has 0 atom stereocenters. The number of amides is 1. The first-order valence-electron chi connectivity index (χ1n) is 8.92. The van der Waals surface area contributed by atoms with Gasteiger partial charge in [0.2, 0.25) is 10.0 Å². The van der Waals surface area contributed by atoms with Crippen molar-refractivity contribution in [3.05, 3.63) is 53.9 Å². The Morgan fingerprint density at radius 2 is 1.85 bits per heavy atom. The van der Waals surface area contributed by atoms with E-state index in [1.54, 1.807) is 47.6 Å². The quantitative estimate of drug-likeness (QED) is 0.896. The average Bonchev–Trinajstić information content (AvgIpc) is 3.30. The van der Waals surface area contributed by atoms with E-state index in [4.69, 9.17) is 0 Å². The van der Waals surface area contributed by atoms with Gasteiger partial charge in [-0.2, -0.15) is 0 Å². The summed E-state index contributed by atoms with van der Waals surface area (Å²) < 4.78 is 28.1. The summed E-state index contributed by atoms with van der Waals surface area (Å²) in [4.78, 5) is 18.6. The Morgan fingerprint density at radius 1 is 1.12 bits per heavy atom. The number of nitrogens with one attached hydrogen (secondary N) is 1. The summed E-state index contributed by atoms with van der Waals surface area (Å²) in [5, 5.41) is 0. The second-order valence-corrected chi connectivity index (χ2v) is 8.55. The molecular weight excluding hydrogens is 350 g/mol. The number of sulfonamides is 1. The minimum atomic E-state index is -3.52. The maximum absolute atomic E-state index is 12.7. The summed E-state index contributed by atoms with van der Waals surface area (Å²) in [5.74, 6) is -0.0918. The molecule has 0 bridgehead atoms. The number of rotatable bonds is 4. The molecule has 0 saturated heterocycles. The van der Waals surface area contributed by atoms with Crippen molar-refractivity contribution in [1.29, 1.82) is 0 Å². The van der Waals surface area contributed by atoms with Gasteiger partial charge < -0.3 is 4.90 Å². The van der Waals surface area contributed by atoms with E-state index >= 15 is 0 Å². The Balaban J connectivity index is 1.57. The lowest BCUT2D eigenvalue weighted by atomic mass is 10.1. The molecule has 2 heterocycles. The number of hydrogen-bond acceptors (Lipinski definition) is 4. The molecule has 136 valence electrons. The Kier molecular flexibility index (Phi) is 4.50. The summed E-state index contributed by atoms with van der Waals surface area (Å²) in [6, 6.07) is 8.44. The largest absolute Gasteiger partial charge is 0.308 e. The molecule has 7 heteroatoms. The molecule has 0 unspecified atom stereocenters. The van der Waals surface area contributed by atoms with Crippen LogP contribution in [-0.4, -0.2) is 31.9 Å². The average molecular weight is 371 g/mol. The van der Waals surface area contributed by atoms with Crippen LogP contribution in [0.5, 0.6) is 0 Å². The highest BCUT2D eigenvalue weighted by atomic mass is 32.2. The molecule has 1 aliphatic heterocycles. The minimum absolute atomic E-state index is 0.0398. The van der Waals surface area contributed by atoms with Crippen LogP contribution in [0.1, 0.15) is 41.6 Å². The summed E-state index contributed by atoms with van der Waals surface area (Å²) in [6.07, 6.45) is 7.78. The van der Waals surface area contributed by atoms with Gasteiger partial charge in [0.1, 0.15) is 0 Å². The molecule has 2 aromatic rings. The summed E-state index contributed by atoms with van der Waals surface area (Å²) in [6.45, 7) is 0.552. The van der Waals surface area contributed by atoms with E-state index in [0.29, 0.717) is 18.5 Å². The second kappa shape index (κ2) is 6.81. The molecule has 1 aromatic heterocycles. The van der Waals surface area contributed by atoms with Gasteiger partial charge in [-0.05, 0) is 55.2 Å². The van der Waals surface area contributed by atoms with E-state index in [2.05, 4.69) is 9.71 Å². The highest BCUT2D eigenvalue weighted by Gasteiger charge is 2.28. The maximum atomic E-state index is 12.7. The fourth-order valence-corrected chi connectivity index (χ4v) is 5.09. The van der Waals surface area contributed by atoms with Crippen molar-refractivity contribution in [3.63, 3.8) is 0 Å². The van der Waals surface area contributed by atoms with Crippen molar-refractivity contribution in [2.75, 3.05) is 11.4 Å². The number of carbonyl (C=O) groups is 1. The highest BCUT2D eigenvalue weighted by Crippen LogP contribution is 2.31. The van der Waals surface area contributed by atoms with Crippen LogP contribution < -0.4 is 9.62 Å². The summed E-state index contributed by atoms with van der Waals surface area (Å²) >= 11 is 0. The SMILES string of the molecule is O=C(c1ccncc1)N1CCc2cc(S(=O)(=O)NC3CCCC3)ccc21. The molecule has 0 spiro atoms. The predicted octanol–water partition coefficient (Wildman–Crippen LogP) is 2.51. The number of carbonyl (C=O) groups excluding carboxylic acids is 1. The van der Waals surface area contributed by atoms with E-state index in [0.717, 1.165) is 36.9 Å². The Morgan fingerprint density at radius 3 is 2.58 bits per heavy atom. The zero-order valence-corrected chi connectivity index (χ0v) is 15.2. The van der Waals surface area contributed by atoms with Gasteiger partial charge in [-0.1, -0.05) is 12.8 Å². The van der Waals surface area contributed by atoms with Crippen LogP contribution in [0.2, 0.25) is 0 Å². The van der Waals surface area contributed by atoms with Crippen molar-refractivity contribution in [3.8, 4) is 0 Å². The second-order valence-electron chi connectivity index (χ2n) is 6.84. The lowest BCUT2D eigenvalue weighted by molar-refractivity contribution is 0.0989. The van der Waals surface area contributed by atoms with Crippen molar-refractivity contribution in [2.24, 2.45) is 0 Å². The maximum Gasteiger partial charge on any atom is 0.258 e. The van der Waals surface area contributed by atoms with Crippen molar-refractivity contribution >= 4 is 21.6 Å². The zero-order valence-electron chi connectivity index (χ0n) is 14.4. The predicted molar refractivity (Wildman–Crippen MR) is 98.6 cm³/mol. The van der Waals surface area contributed by atoms with Crippen LogP contribution >= 0.6 is 0 Å². The monoisotopic (exact) mass is 371 g/mol. The number of anilines is 1. The number of hydrogen-bond donors (Lipinski definition) is 1. The van der Waals surface area contributed by atoms with Crippen molar-refractivity contribution in [1.82, 2.24) is 9.71 Å². The molecule has 1 aromatic carbocycles. The Hall–Kier alpha value is -2.25. The van der Waals surface area contributed by atoms with Gasteiger partial charge >= 0.3 is 0 Å². The molecule has 2 aliphatic rings. The molecule has 1 saturated carbocycles. The standard InChI is InChI=1S/C19H21N3O3S/c23-19(14-7-10-20-11-8-14)22-12-9-15-13-17(5-6-18(15)22)26(24,25)21-16-3-1-2-4-16/h5-8,10-11,13,16,21H,1-4,9,12H2. The zero-order chi connectivity index (χ0) is 18.1. The van der Waals surface area contributed by atoms with Gasteiger partial charge in [0.05, 0.1) is 4.90 Å². The van der Waals surface area contributed by atoms with E-state index < -0.39 is 10.0 Å². The number of pyridine rings is 1. The molecule has 26 heavy (non-hydrogen) atoms. The van der Waals surface area contributed by atoms with Crippen LogP contribution in [0.4, 0.5) is 5.69 Å². The normalized spacial score (nSPS) is 17.5. The molecular formula is C19H21N3O3S. The Labute approximate surface area is 153 Å². The fraction of sp³-hybridized carbons (Fsp3) is 0.368. The van der Waals surface area contributed by atoms with E-state index in [1.165, 1.54) is 0 Å². The molecule has 0 radical (unpaired) electrons. The lowest BCUT2D eigenvalue weighted by Crippen LogP contribution is -2.32. The molecule has 6 nitrogen and oxygen atoms in total. The topological polar surface area (TPSA) is 79.4 Å². The van der Waals surface area contributed by atoms with Gasteiger partial charge in [0.25, 0.3) is 5.91 Å². The van der Waals surface area contributed by atoms with Crippen LogP contribution in [0.3, 0.4) is 0 Å². The smallest absolute Gasteiger partial charge is 0.258 e. The van der Waals surface area contributed by atoms with Crippen LogP contribution in [0.25, 0.3) is 0 Å². The Bertz CT molecular complexity index is 922. The van der Waals surface area contributed by atoms with Gasteiger partial charge in [0, 0.05) is 36.2 Å². The third-order valence-electron chi connectivity index (χ3n) is 5.11. The van der Waals surface area contributed by atoms with E-state index in [9.17, 15) is 13.2 Å². The first-order valence-corrected chi connectivity index (χ1v) is 10.4. The van der Waals surface area contributed by atoms with E-state index in [1.807, 2.05) is 0 Å². The number of fused-ring (bicyclic) bond motifs is 1. The fourth-order valence-electron chi connectivity index (χ4n) is 3.74. The van der Waals surface area contributed by atoms with Gasteiger partial charge in [-0.25, -0.2) is 13.1 Å². The molecule has 1 amide bonds. The van der Waals surface area contributed by atoms with Crippen LogP contribution in [0, 0.1) is 0 Å². The molecule has 4 rings (SSSR count). The van der Waals surface area contributed by atoms with Crippen LogP contribution in [0.15, 0.2) is 47.6 Å². The number of aromatic nitrogens is 1. The van der Waals surface area contributed by atoms with Crippen LogP contribution in [-0.2, 0) is 16.4 Å². The number of benzene rings is 1. The summed E-state index contributed by atoms with van der Waals surface area (Å²) in [5.41, 5.74) is 2.25. The minimum Gasteiger partial charge on any atom is -0.308 e. The lowest BCUT2D eigenvalue weighted by Gasteiger charge is -2.18.